The smallest absolute Gasteiger partial charge is 0.330 e. The molecule has 0 saturated carbocycles. The van der Waals surface area contributed by atoms with E-state index in [-0.39, 0.29) is 16.1 Å². The molecule has 0 atom stereocenters. The third-order valence-corrected chi connectivity index (χ3v) is 5.83. The Hall–Kier alpha value is -1.84. The fourth-order valence-corrected chi connectivity index (χ4v) is 4.13. The first-order valence-corrected chi connectivity index (χ1v) is 8.29. The Morgan fingerprint density at radius 2 is 2.19 bits per heavy atom. The van der Waals surface area contributed by atoms with Crippen LogP contribution in [0.15, 0.2) is 37.5 Å². The van der Waals surface area contributed by atoms with Gasteiger partial charge in [-0.2, -0.15) is 0 Å². The topological polar surface area (TPSA) is 98.2 Å². The van der Waals surface area contributed by atoms with Crippen LogP contribution in [0.5, 0.6) is 0 Å². The molecule has 0 spiro atoms. The fraction of sp³-hybridized carbons (Fsp3) is 0.0909. The average molecular weight is 346 g/mol. The zero-order valence-electron chi connectivity index (χ0n) is 10.5. The van der Waals surface area contributed by atoms with Crippen molar-refractivity contribution in [2.45, 2.75) is 11.1 Å². The van der Waals surface area contributed by atoms with Gasteiger partial charge in [-0.1, -0.05) is 16.7 Å². The number of sulfonamides is 1. The Balaban J connectivity index is 1.86. The minimum Gasteiger partial charge on any atom is -0.459 e. The van der Waals surface area contributed by atoms with E-state index in [1.165, 1.54) is 12.3 Å². The number of halogens is 1. The molecule has 0 aromatic carbocycles. The number of hydrogen-bond acceptors (Lipinski definition) is 7. The summed E-state index contributed by atoms with van der Waals surface area (Å²) >= 11 is 6.82. The van der Waals surface area contributed by atoms with Gasteiger partial charge in [0.15, 0.2) is 5.76 Å². The van der Waals surface area contributed by atoms with Gasteiger partial charge in [-0.15, -0.1) is 16.4 Å². The molecule has 0 aliphatic heterocycles. The molecule has 0 radical (unpaired) electrons. The normalized spacial score (nSPS) is 11.7. The molecule has 0 saturated heterocycles. The van der Waals surface area contributed by atoms with Crippen molar-refractivity contribution < 1.29 is 17.3 Å². The quantitative estimate of drug-likeness (QED) is 0.779. The maximum atomic E-state index is 12.2. The molecule has 10 heteroatoms. The zero-order valence-corrected chi connectivity index (χ0v) is 12.9. The molecule has 3 rings (SSSR count). The summed E-state index contributed by atoms with van der Waals surface area (Å²) in [4.78, 5) is 0. The average Bonchev–Trinajstić information content (AvgIpc) is 3.11. The molecule has 110 valence electrons. The Bertz CT molecular complexity index is 848. The molecule has 3 aromatic heterocycles. The van der Waals surface area contributed by atoms with Crippen LogP contribution >= 0.6 is 22.9 Å². The van der Waals surface area contributed by atoms with Crippen molar-refractivity contribution in [2.75, 3.05) is 4.72 Å². The fourth-order valence-electron chi connectivity index (χ4n) is 1.49. The van der Waals surface area contributed by atoms with E-state index < -0.39 is 10.0 Å². The molecule has 0 aliphatic rings. The number of hydrogen-bond donors (Lipinski definition) is 1. The summed E-state index contributed by atoms with van der Waals surface area (Å²) < 4.78 is 37.3. The number of thiophene rings is 1. The van der Waals surface area contributed by atoms with Crippen LogP contribution in [0, 0.1) is 6.92 Å². The highest BCUT2D eigenvalue weighted by Gasteiger charge is 2.22. The number of nitrogens with zero attached hydrogens (tertiary/aromatic N) is 2. The predicted molar refractivity (Wildman–Crippen MR) is 76.9 cm³/mol. The first kappa shape index (κ1) is 14.1. The van der Waals surface area contributed by atoms with Crippen LogP contribution in [-0.4, -0.2) is 18.6 Å². The molecule has 0 bridgehead atoms. The van der Waals surface area contributed by atoms with Crippen molar-refractivity contribution in [1.29, 1.82) is 0 Å². The van der Waals surface area contributed by atoms with Crippen molar-refractivity contribution in [3.8, 4) is 11.7 Å². The monoisotopic (exact) mass is 345 g/mol. The van der Waals surface area contributed by atoms with E-state index >= 15 is 0 Å². The zero-order chi connectivity index (χ0) is 15.0. The Morgan fingerprint density at radius 1 is 1.38 bits per heavy atom. The van der Waals surface area contributed by atoms with Gasteiger partial charge in [-0.05, 0) is 30.7 Å². The summed E-state index contributed by atoms with van der Waals surface area (Å²) in [6.45, 7) is 1.72. The molecule has 3 heterocycles. The number of rotatable bonds is 4. The highest BCUT2D eigenvalue weighted by Crippen LogP contribution is 2.31. The third-order valence-electron chi connectivity index (χ3n) is 2.48. The van der Waals surface area contributed by atoms with E-state index in [1.807, 2.05) is 0 Å². The van der Waals surface area contributed by atoms with Crippen LogP contribution in [0.4, 0.5) is 6.01 Å². The number of nitrogens with one attached hydrogen (secondary N) is 1. The molecular formula is C11H8ClN3O4S2. The van der Waals surface area contributed by atoms with Crippen LogP contribution in [0.2, 0.25) is 4.34 Å². The van der Waals surface area contributed by atoms with Crippen LogP contribution in [0.25, 0.3) is 11.7 Å². The van der Waals surface area contributed by atoms with Gasteiger partial charge in [0.25, 0.3) is 15.9 Å². The van der Waals surface area contributed by atoms with Crippen LogP contribution in [0.1, 0.15) is 5.56 Å². The maximum Gasteiger partial charge on any atom is 0.330 e. The van der Waals surface area contributed by atoms with E-state index in [0.29, 0.717) is 15.7 Å². The second-order valence-electron chi connectivity index (χ2n) is 4.02. The lowest BCUT2D eigenvalue weighted by molar-refractivity contribution is 0.524. The van der Waals surface area contributed by atoms with Gasteiger partial charge in [0, 0.05) is 0 Å². The van der Waals surface area contributed by atoms with E-state index in [2.05, 4.69) is 14.9 Å². The maximum absolute atomic E-state index is 12.2. The summed E-state index contributed by atoms with van der Waals surface area (Å²) in [7, 11) is -3.81. The largest absolute Gasteiger partial charge is 0.459 e. The minimum absolute atomic E-state index is 0.0720. The first-order chi connectivity index (χ1) is 9.95. The minimum atomic E-state index is -3.81. The Morgan fingerprint density at radius 3 is 2.81 bits per heavy atom. The highest BCUT2D eigenvalue weighted by atomic mass is 35.5. The van der Waals surface area contributed by atoms with Crippen molar-refractivity contribution in [2.24, 2.45) is 0 Å². The predicted octanol–water partition coefficient (Wildman–Crippen LogP) is 3.15. The van der Waals surface area contributed by atoms with E-state index in [4.69, 9.17) is 20.4 Å². The summed E-state index contributed by atoms with van der Waals surface area (Å²) in [6, 6.07) is 4.50. The van der Waals surface area contributed by atoms with Crippen molar-refractivity contribution in [3.05, 3.63) is 34.4 Å². The molecule has 21 heavy (non-hydrogen) atoms. The van der Waals surface area contributed by atoms with Crippen molar-refractivity contribution in [1.82, 2.24) is 10.2 Å². The highest BCUT2D eigenvalue weighted by molar-refractivity contribution is 7.94. The second-order valence-corrected chi connectivity index (χ2v) is 7.58. The molecule has 0 aliphatic carbocycles. The lowest BCUT2D eigenvalue weighted by atomic mass is 10.4. The van der Waals surface area contributed by atoms with Crippen LogP contribution < -0.4 is 4.72 Å². The van der Waals surface area contributed by atoms with E-state index in [1.54, 1.807) is 19.1 Å². The van der Waals surface area contributed by atoms with Gasteiger partial charge in [0.1, 0.15) is 4.21 Å². The number of aryl methyl sites for hydroxylation is 1. The molecule has 7 nitrogen and oxygen atoms in total. The van der Waals surface area contributed by atoms with Crippen LogP contribution in [0.3, 0.4) is 0 Å². The lowest BCUT2D eigenvalue weighted by Gasteiger charge is -1.99. The lowest BCUT2D eigenvalue weighted by Crippen LogP contribution is -2.11. The van der Waals surface area contributed by atoms with Gasteiger partial charge >= 0.3 is 6.01 Å². The molecule has 0 fully saturated rings. The van der Waals surface area contributed by atoms with Crippen molar-refractivity contribution >= 4 is 39.0 Å². The standard InChI is InChI=1S/C11H8ClN3O4S2/c1-6-5-8(20-9(6)12)21(16,17)15-11-14-13-10(19-11)7-3-2-4-18-7/h2-5H,1H3,(H,14,15). The summed E-state index contributed by atoms with van der Waals surface area (Å²) in [5.41, 5.74) is 0.684. The molecule has 1 N–H and O–H groups in total. The molecule has 0 amide bonds. The van der Waals surface area contributed by atoms with Gasteiger partial charge in [-0.25, -0.2) is 13.1 Å². The summed E-state index contributed by atoms with van der Waals surface area (Å²) in [6.07, 6.45) is 1.44. The molecular weight excluding hydrogens is 338 g/mol. The SMILES string of the molecule is Cc1cc(S(=O)(=O)Nc2nnc(-c3ccco3)o2)sc1Cl. The molecule has 3 aromatic rings. The summed E-state index contributed by atoms with van der Waals surface area (Å²) in [5.74, 6) is 0.432. The number of anilines is 1. The molecule has 0 unspecified atom stereocenters. The first-order valence-electron chi connectivity index (χ1n) is 5.62. The van der Waals surface area contributed by atoms with Gasteiger partial charge in [0.2, 0.25) is 0 Å². The van der Waals surface area contributed by atoms with Gasteiger partial charge in [-0.3, -0.25) is 0 Å². The van der Waals surface area contributed by atoms with Gasteiger partial charge in [0.05, 0.1) is 10.6 Å². The Kier molecular flexibility index (Phi) is 3.47. The van der Waals surface area contributed by atoms with Crippen molar-refractivity contribution in [3.63, 3.8) is 0 Å². The van der Waals surface area contributed by atoms with E-state index in [0.717, 1.165) is 11.3 Å². The number of aromatic nitrogens is 2. The number of furan rings is 1. The van der Waals surface area contributed by atoms with E-state index in [9.17, 15) is 8.42 Å². The Labute approximate surface area is 128 Å². The summed E-state index contributed by atoms with van der Waals surface area (Å²) in [5, 5.41) is 7.32. The van der Waals surface area contributed by atoms with Gasteiger partial charge < -0.3 is 8.83 Å². The second kappa shape index (κ2) is 5.17. The van der Waals surface area contributed by atoms with Crippen LogP contribution in [-0.2, 0) is 10.0 Å². The third kappa shape index (κ3) is 2.80.